The SMILES string of the molecule is COC(C)(C)[C@H](NC(=O)C(F)(F)F)C(=O)N1CC2C([C@H]1C(=O)N[C@H](C#N)CC[C@@H]1CCCNC1=O)C2(C)C. The van der Waals surface area contributed by atoms with Gasteiger partial charge in [-0.25, -0.2) is 0 Å². The van der Waals surface area contributed by atoms with Gasteiger partial charge >= 0.3 is 12.1 Å². The van der Waals surface area contributed by atoms with Crippen molar-refractivity contribution in [3.63, 3.8) is 0 Å². The molecule has 2 heterocycles. The number of ether oxygens (including phenoxy) is 1. The topological polar surface area (TPSA) is 141 Å². The second-order valence-electron chi connectivity index (χ2n) is 11.5. The van der Waals surface area contributed by atoms with Gasteiger partial charge in [-0.1, -0.05) is 13.8 Å². The fourth-order valence-electron chi connectivity index (χ4n) is 5.75. The van der Waals surface area contributed by atoms with Crippen molar-refractivity contribution in [1.29, 1.82) is 5.26 Å². The van der Waals surface area contributed by atoms with Crippen molar-refractivity contribution in [2.24, 2.45) is 23.2 Å². The van der Waals surface area contributed by atoms with Crippen LogP contribution >= 0.6 is 0 Å². The van der Waals surface area contributed by atoms with Gasteiger partial charge in [0.05, 0.1) is 11.7 Å². The molecule has 0 spiro atoms. The van der Waals surface area contributed by atoms with E-state index in [-0.39, 0.29) is 42.0 Å². The first-order valence-electron chi connectivity index (χ1n) is 12.8. The van der Waals surface area contributed by atoms with Crippen LogP contribution in [-0.2, 0) is 23.9 Å². The number of fused-ring (bicyclic) bond motifs is 1. The van der Waals surface area contributed by atoms with Crippen molar-refractivity contribution in [3.05, 3.63) is 0 Å². The van der Waals surface area contributed by atoms with Crippen molar-refractivity contribution in [2.75, 3.05) is 20.2 Å². The van der Waals surface area contributed by atoms with Crippen LogP contribution in [0.4, 0.5) is 13.2 Å². The zero-order valence-electron chi connectivity index (χ0n) is 22.3. The number of rotatable bonds is 9. The highest BCUT2D eigenvalue weighted by Crippen LogP contribution is 2.65. The summed E-state index contributed by atoms with van der Waals surface area (Å²) in [6.45, 7) is 7.35. The largest absolute Gasteiger partial charge is 0.471 e. The average Bonchev–Trinajstić information content (AvgIpc) is 3.17. The summed E-state index contributed by atoms with van der Waals surface area (Å²) in [4.78, 5) is 52.0. The van der Waals surface area contributed by atoms with E-state index in [1.807, 2.05) is 19.9 Å². The fourth-order valence-corrected chi connectivity index (χ4v) is 5.75. The van der Waals surface area contributed by atoms with E-state index in [1.165, 1.54) is 25.9 Å². The third-order valence-electron chi connectivity index (χ3n) is 8.44. The summed E-state index contributed by atoms with van der Waals surface area (Å²) in [5, 5.41) is 16.9. The lowest BCUT2D eigenvalue weighted by Gasteiger charge is -2.38. The second-order valence-corrected chi connectivity index (χ2v) is 11.5. The van der Waals surface area contributed by atoms with Crippen LogP contribution in [0.25, 0.3) is 0 Å². The number of amides is 4. The monoisotopic (exact) mass is 543 g/mol. The van der Waals surface area contributed by atoms with E-state index >= 15 is 0 Å². The van der Waals surface area contributed by atoms with Gasteiger partial charge in [0.2, 0.25) is 17.7 Å². The van der Waals surface area contributed by atoms with Crippen molar-refractivity contribution in [1.82, 2.24) is 20.9 Å². The summed E-state index contributed by atoms with van der Waals surface area (Å²) in [5.74, 6) is -4.41. The molecule has 3 rings (SSSR count). The Bertz CT molecular complexity index is 1010. The van der Waals surface area contributed by atoms with Gasteiger partial charge < -0.3 is 25.6 Å². The minimum atomic E-state index is -5.22. The molecule has 0 aromatic rings. The van der Waals surface area contributed by atoms with Crippen LogP contribution in [0.1, 0.15) is 53.4 Å². The van der Waals surface area contributed by atoms with Crippen molar-refractivity contribution in [2.45, 2.75) is 83.3 Å². The molecule has 3 aliphatic rings. The molecular weight excluding hydrogens is 507 g/mol. The molecule has 0 bridgehead atoms. The molecular formula is C25H36F3N5O5. The molecule has 1 aliphatic carbocycles. The standard InChI is InChI=1S/C25H36F3N5O5/c1-23(2)15-12-33(21(36)18(24(3,4)38-5)32-22(37)25(26,27)28)17(16(15)23)20(35)31-14(11-29)9-8-13-7-6-10-30-19(13)34/h13-18H,6-10,12H2,1-5H3,(H,30,34)(H,31,35)(H,32,37)/t13-,14-,15?,16?,17-,18+/m0/s1. The molecule has 6 atom stereocenters. The molecule has 0 radical (unpaired) electrons. The molecule has 4 amide bonds. The van der Waals surface area contributed by atoms with Gasteiger partial charge in [0.25, 0.3) is 0 Å². The van der Waals surface area contributed by atoms with Crippen molar-refractivity contribution in [3.8, 4) is 6.07 Å². The van der Waals surface area contributed by atoms with Gasteiger partial charge in [0, 0.05) is 26.1 Å². The van der Waals surface area contributed by atoms with Crippen LogP contribution < -0.4 is 16.0 Å². The Labute approximate surface area is 220 Å². The Morgan fingerprint density at radius 2 is 1.92 bits per heavy atom. The van der Waals surface area contributed by atoms with Crippen LogP contribution in [0.3, 0.4) is 0 Å². The fraction of sp³-hybridized carbons (Fsp3) is 0.800. The number of methoxy groups -OCH3 is 1. The quantitative estimate of drug-likeness (QED) is 0.400. The second kappa shape index (κ2) is 10.7. The zero-order chi connectivity index (χ0) is 28.6. The minimum Gasteiger partial charge on any atom is -0.376 e. The molecule has 2 unspecified atom stereocenters. The number of carbonyl (C=O) groups excluding carboxylic acids is 4. The highest BCUT2D eigenvalue weighted by molar-refractivity contribution is 5.95. The lowest BCUT2D eigenvalue weighted by molar-refractivity contribution is -0.178. The predicted molar refractivity (Wildman–Crippen MR) is 128 cm³/mol. The maximum atomic E-state index is 13.6. The van der Waals surface area contributed by atoms with Gasteiger partial charge in [-0.05, 0) is 56.8 Å². The molecule has 0 aromatic carbocycles. The maximum absolute atomic E-state index is 13.6. The lowest BCUT2D eigenvalue weighted by Crippen LogP contribution is -2.63. The number of carbonyl (C=O) groups is 4. The number of hydrogen-bond acceptors (Lipinski definition) is 6. The first-order valence-corrected chi connectivity index (χ1v) is 12.8. The molecule has 13 heteroatoms. The molecule has 1 saturated carbocycles. The van der Waals surface area contributed by atoms with E-state index < -0.39 is 47.6 Å². The van der Waals surface area contributed by atoms with Crippen LogP contribution in [-0.4, -0.2) is 78.6 Å². The van der Waals surface area contributed by atoms with E-state index in [2.05, 4.69) is 10.6 Å². The first-order chi connectivity index (χ1) is 17.6. The molecule has 3 fully saturated rings. The van der Waals surface area contributed by atoms with Crippen LogP contribution in [0.2, 0.25) is 0 Å². The summed E-state index contributed by atoms with van der Waals surface area (Å²) in [6.07, 6.45) is -3.05. The normalized spacial score (nSPS) is 27.9. The number of piperidine rings is 2. The Morgan fingerprint density at radius 1 is 1.26 bits per heavy atom. The van der Waals surface area contributed by atoms with Crippen molar-refractivity contribution < 1.29 is 37.1 Å². The van der Waals surface area contributed by atoms with Gasteiger partial charge in [-0.15, -0.1) is 0 Å². The molecule has 38 heavy (non-hydrogen) atoms. The van der Waals surface area contributed by atoms with Crippen molar-refractivity contribution >= 4 is 23.6 Å². The Balaban J connectivity index is 1.78. The number of nitrogens with one attached hydrogen (secondary N) is 3. The van der Waals surface area contributed by atoms with E-state index in [9.17, 15) is 37.6 Å². The Morgan fingerprint density at radius 3 is 2.47 bits per heavy atom. The summed E-state index contributed by atoms with van der Waals surface area (Å²) < 4.78 is 44.3. The zero-order valence-corrected chi connectivity index (χ0v) is 22.3. The summed E-state index contributed by atoms with van der Waals surface area (Å²) in [6, 6.07) is -1.62. The molecule has 3 N–H and O–H groups in total. The van der Waals surface area contributed by atoms with Gasteiger partial charge in [-0.3, -0.25) is 19.2 Å². The average molecular weight is 544 g/mol. The third-order valence-corrected chi connectivity index (χ3v) is 8.44. The van der Waals surface area contributed by atoms with Crippen LogP contribution in [0, 0.1) is 34.5 Å². The van der Waals surface area contributed by atoms with Gasteiger partial charge in [0.15, 0.2) is 0 Å². The first kappa shape index (κ1) is 29.7. The lowest BCUT2D eigenvalue weighted by atomic mass is 9.92. The molecule has 2 aliphatic heterocycles. The predicted octanol–water partition coefficient (Wildman–Crippen LogP) is 1.26. The van der Waals surface area contributed by atoms with E-state index in [1.54, 1.807) is 5.32 Å². The van der Waals surface area contributed by atoms with Gasteiger partial charge in [-0.2, -0.15) is 18.4 Å². The number of halogens is 3. The van der Waals surface area contributed by atoms with E-state index in [4.69, 9.17) is 4.74 Å². The Hall–Kier alpha value is -2.88. The van der Waals surface area contributed by atoms with Gasteiger partial charge in [0.1, 0.15) is 18.1 Å². The molecule has 0 aromatic heterocycles. The number of nitriles is 1. The number of hydrogen-bond donors (Lipinski definition) is 3. The summed E-state index contributed by atoms with van der Waals surface area (Å²) in [7, 11) is 1.21. The molecule has 212 valence electrons. The van der Waals surface area contributed by atoms with E-state index in [0.717, 1.165) is 6.42 Å². The maximum Gasteiger partial charge on any atom is 0.471 e. The smallest absolute Gasteiger partial charge is 0.376 e. The molecule has 2 saturated heterocycles. The molecule has 10 nitrogen and oxygen atoms in total. The third kappa shape index (κ3) is 5.90. The number of alkyl halides is 3. The van der Waals surface area contributed by atoms with Crippen LogP contribution in [0.15, 0.2) is 0 Å². The summed E-state index contributed by atoms with van der Waals surface area (Å²) >= 11 is 0. The number of nitrogens with zero attached hydrogens (tertiary/aromatic N) is 2. The number of likely N-dealkylation sites (tertiary alicyclic amines) is 1. The highest BCUT2D eigenvalue weighted by atomic mass is 19.4. The summed E-state index contributed by atoms with van der Waals surface area (Å²) in [5.41, 5.74) is -1.81. The van der Waals surface area contributed by atoms with Crippen LogP contribution in [0.5, 0.6) is 0 Å². The minimum absolute atomic E-state index is 0.0710. The highest BCUT2D eigenvalue weighted by Gasteiger charge is 2.70. The van der Waals surface area contributed by atoms with E-state index in [0.29, 0.717) is 19.4 Å². The Kier molecular flexibility index (Phi) is 8.36.